The number of rotatable bonds is 6. The van der Waals surface area contributed by atoms with Gasteiger partial charge >= 0.3 is 6.03 Å². The van der Waals surface area contributed by atoms with Crippen LogP contribution in [0.2, 0.25) is 0 Å². The first kappa shape index (κ1) is 18.5. The molecular formula is C20H26N6O2. The van der Waals surface area contributed by atoms with E-state index in [1.165, 1.54) is 5.56 Å². The van der Waals surface area contributed by atoms with Crippen molar-refractivity contribution in [2.45, 2.75) is 32.1 Å². The summed E-state index contributed by atoms with van der Waals surface area (Å²) in [5.74, 6) is -0.0349. The van der Waals surface area contributed by atoms with Gasteiger partial charge in [0.25, 0.3) is 0 Å². The third kappa shape index (κ3) is 4.17. The molecule has 3 heterocycles. The predicted molar refractivity (Wildman–Crippen MR) is 104 cm³/mol. The van der Waals surface area contributed by atoms with Gasteiger partial charge in [0.05, 0.1) is 24.5 Å². The zero-order chi connectivity index (χ0) is 19.5. The molecule has 0 radical (unpaired) electrons. The van der Waals surface area contributed by atoms with Crippen molar-refractivity contribution in [2.75, 3.05) is 26.7 Å². The topological polar surface area (TPSA) is 82.5 Å². The van der Waals surface area contributed by atoms with Gasteiger partial charge in [0.15, 0.2) is 0 Å². The standard InChI is InChI=1S/C20H26N6O2/c1-24(8-7-15-5-3-2-4-6-15)13-16-11-17-14-25(9-10-26(17)23-16)19(27)18-12-21-20(28)22-18/h2-6,11,18H,7-10,12-14H2,1H3,(H2,21,22,28). The lowest BCUT2D eigenvalue weighted by Gasteiger charge is -2.29. The molecule has 1 unspecified atom stereocenters. The van der Waals surface area contributed by atoms with Crippen LogP contribution in [0.5, 0.6) is 0 Å². The Hall–Kier alpha value is -2.87. The summed E-state index contributed by atoms with van der Waals surface area (Å²) < 4.78 is 2.00. The van der Waals surface area contributed by atoms with Crippen molar-refractivity contribution < 1.29 is 9.59 Å². The molecule has 0 bridgehead atoms. The van der Waals surface area contributed by atoms with Crippen LogP contribution in [0.25, 0.3) is 0 Å². The molecule has 28 heavy (non-hydrogen) atoms. The summed E-state index contributed by atoms with van der Waals surface area (Å²) in [6.45, 7) is 3.93. The lowest BCUT2D eigenvalue weighted by Crippen LogP contribution is -2.48. The number of carbonyl (C=O) groups is 2. The highest BCUT2D eigenvalue weighted by molar-refractivity contribution is 5.90. The second kappa shape index (κ2) is 8.02. The van der Waals surface area contributed by atoms with Gasteiger partial charge < -0.3 is 20.4 Å². The minimum Gasteiger partial charge on any atom is -0.336 e. The summed E-state index contributed by atoms with van der Waals surface area (Å²) in [5, 5.41) is 10.0. The normalized spacial score (nSPS) is 18.7. The molecule has 1 aromatic heterocycles. The van der Waals surface area contributed by atoms with Crippen LogP contribution in [-0.4, -0.2) is 64.2 Å². The average Bonchev–Trinajstić information content (AvgIpc) is 3.31. The summed E-state index contributed by atoms with van der Waals surface area (Å²) in [6.07, 6.45) is 1.01. The Balaban J connectivity index is 1.32. The number of fused-ring (bicyclic) bond motifs is 1. The predicted octanol–water partition coefficient (Wildman–Crippen LogP) is 0.581. The number of nitrogens with one attached hydrogen (secondary N) is 2. The second-order valence-corrected chi connectivity index (χ2v) is 7.49. The number of urea groups is 1. The Morgan fingerprint density at radius 2 is 2.11 bits per heavy atom. The van der Waals surface area contributed by atoms with Crippen molar-refractivity contribution in [3.63, 3.8) is 0 Å². The molecule has 1 atom stereocenters. The van der Waals surface area contributed by atoms with Gasteiger partial charge in [-0.15, -0.1) is 0 Å². The molecule has 8 nitrogen and oxygen atoms in total. The first-order valence-electron chi connectivity index (χ1n) is 9.70. The van der Waals surface area contributed by atoms with Gasteiger partial charge in [-0.3, -0.25) is 9.48 Å². The van der Waals surface area contributed by atoms with Crippen molar-refractivity contribution in [2.24, 2.45) is 0 Å². The maximum Gasteiger partial charge on any atom is 0.315 e. The molecule has 2 aliphatic rings. The zero-order valence-corrected chi connectivity index (χ0v) is 16.1. The fourth-order valence-corrected chi connectivity index (χ4v) is 3.74. The van der Waals surface area contributed by atoms with E-state index >= 15 is 0 Å². The van der Waals surface area contributed by atoms with Gasteiger partial charge in [-0.25, -0.2) is 4.79 Å². The monoisotopic (exact) mass is 382 g/mol. The maximum atomic E-state index is 12.6. The van der Waals surface area contributed by atoms with E-state index in [9.17, 15) is 9.59 Å². The van der Waals surface area contributed by atoms with E-state index in [1.807, 2.05) is 10.7 Å². The van der Waals surface area contributed by atoms with Gasteiger partial charge in [-0.1, -0.05) is 30.3 Å². The molecule has 1 fully saturated rings. The molecular weight excluding hydrogens is 356 g/mol. The summed E-state index contributed by atoms with van der Waals surface area (Å²) in [4.78, 5) is 27.9. The minimum absolute atomic E-state index is 0.0349. The van der Waals surface area contributed by atoms with Crippen molar-refractivity contribution in [3.05, 3.63) is 53.3 Å². The molecule has 2 aromatic rings. The van der Waals surface area contributed by atoms with Crippen LogP contribution in [-0.2, 0) is 30.8 Å². The Labute approximate surface area is 164 Å². The van der Waals surface area contributed by atoms with E-state index in [0.717, 1.165) is 30.9 Å². The molecule has 4 rings (SSSR count). The Kier molecular flexibility index (Phi) is 5.29. The fourth-order valence-electron chi connectivity index (χ4n) is 3.74. The van der Waals surface area contributed by atoms with Crippen LogP contribution >= 0.6 is 0 Å². The number of hydrogen-bond acceptors (Lipinski definition) is 4. The SMILES string of the molecule is CN(CCc1ccccc1)Cc1cc2n(n1)CCN(C(=O)C1CNC(=O)N1)C2. The maximum absolute atomic E-state index is 12.6. The van der Waals surface area contributed by atoms with Crippen LogP contribution < -0.4 is 10.6 Å². The minimum atomic E-state index is -0.467. The molecule has 0 saturated carbocycles. The summed E-state index contributed by atoms with van der Waals surface area (Å²) in [7, 11) is 2.10. The highest BCUT2D eigenvalue weighted by atomic mass is 16.2. The van der Waals surface area contributed by atoms with Crippen molar-refractivity contribution >= 4 is 11.9 Å². The largest absolute Gasteiger partial charge is 0.336 e. The van der Waals surface area contributed by atoms with Crippen LogP contribution in [0, 0.1) is 0 Å². The third-order valence-corrected chi connectivity index (χ3v) is 5.29. The summed E-state index contributed by atoms with van der Waals surface area (Å²) >= 11 is 0. The molecule has 0 spiro atoms. The quantitative estimate of drug-likeness (QED) is 0.766. The van der Waals surface area contributed by atoms with Gasteiger partial charge in [0.1, 0.15) is 6.04 Å². The van der Waals surface area contributed by atoms with Gasteiger partial charge in [0.2, 0.25) is 5.91 Å². The molecule has 1 aromatic carbocycles. The van der Waals surface area contributed by atoms with Crippen molar-refractivity contribution in [1.29, 1.82) is 0 Å². The Morgan fingerprint density at radius 3 is 2.86 bits per heavy atom. The van der Waals surface area contributed by atoms with Gasteiger partial charge in [0, 0.05) is 26.2 Å². The molecule has 1 saturated heterocycles. The van der Waals surface area contributed by atoms with Gasteiger partial charge in [-0.05, 0) is 25.1 Å². The number of hydrogen-bond donors (Lipinski definition) is 2. The third-order valence-electron chi connectivity index (χ3n) is 5.29. The smallest absolute Gasteiger partial charge is 0.315 e. The summed E-state index contributed by atoms with van der Waals surface area (Å²) in [5.41, 5.74) is 3.40. The van der Waals surface area contributed by atoms with E-state index in [0.29, 0.717) is 26.2 Å². The first-order valence-corrected chi connectivity index (χ1v) is 9.70. The Bertz CT molecular complexity index is 850. The molecule has 0 aliphatic carbocycles. The van der Waals surface area contributed by atoms with Crippen LogP contribution in [0.1, 0.15) is 17.0 Å². The number of nitrogens with zero attached hydrogens (tertiary/aromatic N) is 4. The molecule has 148 valence electrons. The van der Waals surface area contributed by atoms with E-state index in [1.54, 1.807) is 4.90 Å². The number of likely N-dealkylation sites (N-methyl/N-ethyl adjacent to an activating group) is 1. The second-order valence-electron chi connectivity index (χ2n) is 7.49. The zero-order valence-electron chi connectivity index (χ0n) is 16.1. The fraction of sp³-hybridized carbons (Fsp3) is 0.450. The van der Waals surface area contributed by atoms with Gasteiger partial charge in [-0.2, -0.15) is 5.10 Å². The lowest BCUT2D eigenvalue weighted by atomic mass is 10.1. The number of amides is 3. The molecule has 3 amide bonds. The highest BCUT2D eigenvalue weighted by Crippen LogP contribution is 2.16. The van der Waals surface area contributed by atoms with E-state index in [4.69, 9.17) is 5.10 Å². The summed E-state index contributed by atoms with van der Waals surface area (Å²) in [6, 6.07) is 11.8. The van der Waals surface area contributed by atoms with E-state index in [2.05, 4.69) is 52.9 Å². The number of benzene rings is 1. The molecule has 2 N–H and O–H groups in total. The van der Waals surface area contributed by atoms with E-state index in [-0.39, 0.29) is 11.9 Å². The first-order chi connectivity index (χ1) is 13.6. The van der Waals surface area contributed by atoms with Crippen LogP contribution in [0.4, 0.5) is 4.79 Å². The van der Waals surface area contributed by atoms with Crippen molar-refractivity contribution in [3.8, 4) is 0 Å². The lowest BCUT2D eigenvalue weighted by molar-refractivity contribution is -0.134. The highest BCUT2D eigenvalue weighted by Gasteiger charge is 2.32. The molecule has 2 aliphatic heterocycles. The number of carbonyl (C=O) groups excluding carboxylic acids is 2. The molecule has 8 heteroatoms. The number of aromatic nitrogens is 2. The van der Waals surface area contributed by atoms with Crippen LogP contribution in [0.3, 0.4) is 0 Å². The Morgan fingerprint density at radius 1 is 1.29 bits per heavy atom. The average molecular weight is 382 g/mol. The van der Waals surface area contributed by atoms with Crippen molar-refractivity contribution in [1.82, 2.24) is 30.2 Å². The van der Waals surface area contributed by atoms with Crippen LogP contribution in [0.15, 0.2) is 36.4 Å². The van der Waals surface area contributed by atoms with E-state index < -0.39 is 6.04 Å².